The van der Waals surface area contributed by atoms with Crippen molar-refractivity contribution in [2.24, 2.45) is 13.0 Å². The lowest BCUT2D eigenvalue weighted by atomic mass is 9.87. The summed E-state index contributed by atoms with van der Waals surface area (Å²) in [5.41, 5.74) is 2.35. The molecule has 3 heterocycles. The van der Waals surface area contributed by atoms with E-state index in [2.05, 4.69) is 25.4 Å². The fourth-order valence-electron chi connectivity index (χ4n) is 4.30. The third-order valence-electron chi connectivity index (χ3n) is 6.31. The Kier molecular flexibility index (Phi) is 8.81. The van der Waals surface area contributed by atoms with E-state index >= 15 is 0 Å². The van der Waals surface area contributed by atoms with Crippen LogP contribution in [0.25, 0.3) is 11.4 Å². The van der Waals surface area contributed by atoms with Gasteiger partial charge >= 0.3 is 5.97 Å². The summed E-state index contributed by atoms with van der Waals surface area (Å²) >= 11 is 0. The van der Waals surface area contributed by atoms with Crippen molar-refractivity contribution in [3.05, 3.63) is 36.0 Å². The SMILES string of the molecule is CCc1nc(-c2cnn(C)c2CNc2nccc(OCCCF)n2)ncc1O[C@H]1CCC[C@H](C(=O)O)C1. The molecule has 2 atom stereocenters. The number of nitrogens with one attached hydrogen (secondary N) is 1. The Morgan fingerprint density at radius 1 is 1.27 bits per heavy atom. The number of ether oxygens (including phenoxy) is 2. The Morgan fingerprint density at radius 2 is 2.14 bits per heavy atom. The molecule has 1 aliphatic rings. The van der Waals surface area contributed by atoms with Gasteiger partial charge in [-0.3, -0.25) is 13.9 Å². The summed E-state index contributed by atoms with van der Waals surface area (Å²) in [4.78, 5) is 29.2. The first-order valence-corrected chi connectivity index (χ1v) is 12.5. The smallest absolute Gasteiger partial charge is 0.306 e. The van der Waals surface area contributed by atoms with Crippen LogP contribution in [0.4, 0.5) is 10.3 Å². The van der Waals surface area contributed by atoms with Gasteiger partial charge in [-0.2, -0.15) is 10.1 Å². The third kappa shape index (κ3) is 6.69. The van der Waals surface area contributed by atoms with E-state index in [0.717, 1.165) is 29.8 Å². The summed E-state index contributed by atoms with van der Waals surface area (Å²) in [6.07, 6.45) is 8.54. The molecule has 37 heavy (non-hydrogen) atoms. The van der Waals surface area contributed by atoms with Gasteiger partial charge in [-0.1, -0.05) is 6.92 Å². The van der Waals surface area contributed by atoms with Crippen LogP contribution in [0.5, 0.6) is 11.6 Å². The van der Waals surface area contributed by atoms with E-state index in [1.807, 2.05) is 14.0 Å². The molecule has 0 aromatic carbocycles. The standard InChI is InChI=1S/C25H32FN7O4/c1-3-19-21(37-17-7-4-6-16(12-17)24(34)35)15-28-23(31-19)18-13-30-33(2)20(18)14-29-25-27-10-8-22(32-25)36-11-5-9-26/h8,10,13,15-17H,3-7,9,11-12,14H2,1-2H3,(H,34,35)(H,27,29,32)/t16-,17-/m0/s1. The number of aromatic nitrogens is 6. The maximum atomic E-state index is 12.3. The molecule has 1 aliphatic carbocycles. The van der Waals surface area contributed by atoms with Crippen LogP contribution in [0, 0.1) is 5.92 Å². The van der Waals surface area contributed by atoms with Crippen LogP contribution in [-0.4, -0.2) is 60.2 Å². The van der Waals surface area contributed by atoms with Gasteiger partial charge in [0.2, 0.25) is 11.8 Å². The first-order valence-electron chi connectivity index (χ1n) is 12.5. The zero-order valence-electron chi connectivity index (χ0n) is 21.1. The largest absolute Gasteiger partial charge is 0.487 e. The highest BCUT2D eigenvalue weighted by Crippen LogP contribution is 2.30. The maximum absolute atomic E-state index is 12.3. The number of carboxylic acids is 1. The summed E-state index contributed by atoms with van der Waals surface area (Å²) in [6, 6.07) is 1.62. The molecule has 1 saturated carbocycles. The predicted octanol–water partition coefficient (Wildman–Crippen LogP) is 3.60. The molecule has 0 aliphatic heterocycles. The van der Waals surface area contributed by atoms with Crippen LogP contribution in [0.2, 0.25) is 0 Å². The highest BCUT2D eigenvalue weighted by molar-refractivity contribution is 5.70. The van der Waals surface area contributed by atoms with Crippen molar-refractivity contribution in [2.45, 2.75) is 58.1 Å². The Balaban J connectivity index is 1.47. The molecule has 0 saturated heterocycles. The van der Waals surface area contributed by atoms with Crippen molar-refractivity contribution in [2.75, 3.05) is 18.6 Å². The number of hydrogen-bond donors (Lipinski definition) is 2. The number of nitrogens with zero attached hydrogens (tertiary/aromatic N) is 6. The van der Waals surface area contributed by atoms with E-state index in [-0.39, 0.29) is 18.6 Å². The van der Waals surface area contributed by atoms with Crippen LogP contribution in [-0.2, 0) is 24.8 Å². The molecule has 0 unspecified atom stereocenters. The van der Waals surface area contributed by atoms with Crippen LogP contribution >= 0.6 is 0 Å². The molecule has 1 fully saturated rings. The van der Waals surface area contributed by atoms with E-state index < -0.39 is 12.6 Å². The maximum Gasteiger partial charge on any atom is 0.306 e. The molecule has 3 aromatic rings. The molecule has 0 spiro atoms. The lowest BCUT2D eigenvalue weighted by Crippen LogP contribution is -2.29. The van der Waals surface area contributed by atoms with Gasteiger partial charge in [0.25, 0.3) is 0 Å². The van der Waals surface area contributed by atoms with Crippen molar-refractivity contribution < 1.29 is 23.8 Å². The van der Waals surface area contributed by atoms with Gasteiger partial charge in [0.15, 0.2) is 11.6 Å². The summed E-state index contributed by atoms with van der Waals surface area (Å²) < 4.78 is 25.7. The van der Waals surface area contributed by atoms with E-state index in [9.17, 15) is 14.3 Å². The minimum atomic E-state index is -0.769. The first kappa shape index (κ1) is 26.2. The zero-order chi connectivity index (χ0) is 26.2. The van der Waals surface area contributed by atoms with Crippen molar-refractivity contribution in [3.8, 4) is 23.0 Å². The van der Waals surface area contributed by atoms with E-state index in [0.29, 0.717) is 55.6 Å². The second-order valence-corrected chi connectivity index (χ2v) is 8.89. The number of anilines is 1. The fraction of sp³-hybridized carbons (Fsp3) is 0.520. The second kappa shape index (κ2) is 12.4. The number of aliphatic carboxylic acids is 1. The lowest BCUT2D eigenvalue weighted by Gasteiger charge is -2.27. The second-order valence-electron chi connectivity index (χ2n) is 8.89. The minimum Gasteiger partial charge on any atom is -0.487 e. The molecule has 0 radical (unpaired) electrons. The number of aryl methyl sites for hydroxylation is 2. The van der Waals surface area contributed by atoms with Crippen LogP contribution < -0.4 is 14.8 Å². The normalized spacial score (nSPS) is 17.4. The van der Waals surface area contributed by atoms with Gasteiger partial charge < -0.3 is 19.9 Å². The molecule has 3 aromatic heterocycles. The number of carboxylic acid groups (broad SMARTS) is 1. The highest BCUT2D eigenvalue weighted by Gasteiger charge is 2.29. The fourth-order valence-corrected chi connectivity index (χ4v) is 4.30. The number of carbonyl (C=O) groups is 1. The summed E-state index contributed by atoms with van der Waals surface area (Å²) in [5.74, 6) is 0.705. The van der Waals surface area contributed by atoms with Gasteiger partial charge in [0.1, 0.15) is 0 Å². The lowest BCUT2D eigenvalue weighted by molar-refractivity contribution is -0.143. The number of alkyl halides is 1. The van der Waals surface area contributed by atoms with Gasteiger partial charge in [0.05, 0.1) is 61.2 Å². The monoisotopic (exact) mass is 513 g/mol. The molecule has 2 N–H and O–H groups in total. The molecule has 12 heteroatoms. The highest BCUT2D eigenvalue weighted by atomic mass is 19.1. The zero-order valence-corrected chi connectivity index (χ0v) is 21.1. The minimum absolute atomic E-state index is 0.163. The quantitative estimate of drug-likeness (QED) is 0.346. The molecular formula is C25H32FN7O4. The first-order chi connectivity index (χ1) is 18.0. The van der Waals surface area contributed by atoms with Crippen molar-refractivity contribution in [1.29, 1.82) is 0 Å². The molecule has 198 valence electrons. The average Bonchev–Trinajstić information content (AvgIpc) is 3.28. The Hall–Kier alpha value is -3.83. The predicted molar refractivity (Wildman–Crippen MR) is 133 cm³/mol. The Labute approximate surface area is 214 Å². The van der Waals surface area contributed by atoms with Gasteiger partial charge in [-0.25, -0.2) is 15.0 Å². The topological polar surface area (TPSA) is 137 Å². The summed E-state index contributed by atoms with van der Waals surface area (Å²) in [7, 11) is 1.83. The summed E-state index contributed by atoms with van der Waals surface area (Å²) in [5, 5.41) is 16.9. The van der Waals surface area contributed by atoms with Crippen LogP contribution in [0.1, 0.15) is 50.4 Å². The van der Waals surface area contributed by atoms with Gasteiger partial charge in [-0.05, 0) is 32.1 Å². The summed E-state index contributed by atoms with van der Waals surface area (Å²) in [6.45, 7) is 2.16. The van der Waals surface area contributed by atoms with Gasteiger partial charge in [-0.15, -0.1) is 0 Å². The third-order valence-corrected chi connectivity index (χ3v) is 6.31. The Morgan fingerprint density at radius 3 is 2.92 bits per heavy atom. The molecule has 0 amide bonds. The average molecular weight is 514 g/mol. The molecular weight excluding hydrogens is 481 g/mol. The number of halogens is 1. The molecule has 0 bridgehead atoms. The molecule has 4 rings (SSSR count). The molecule has 11 nitrogen and oxygen atoms in total. The number of rotatable bonds is 12. The van der Waals surface area contributed by atoms with E-state index in [1.165, 1.54) is 0 Å². The Bertz CT molecular complexity index is 1210. The number of hydrogen-bond acceptors (Lipinski definition) is 9. The van der Waals surface area contributed by atoms with Crippen molar-refractivity contribution >= 4 is 11.9 Å². The van der Waals surface area contributed by atoms with E-state index in [4.69, 9.17) is 14.5 Å². The van der Waals surface area contributed by atoms with Gasteiger partial charge in [0, 0.05) is 25.7 Å². The van der Waals surface area contributed by atoms with Crippen LogP contribution in [0.3, 0.4) is 0 Å². The van der Waals surface area contributed by atoms with Crippen molar-refractivity contribution in [3.63, 3.8) is 0 Å². The van der Waals surface area contributed by atoms with E-state index in [1.54, 1.807) is 29.3 Å². The van der Waals surface area contributed by atoms with Crippen molar-refractivity contribution in [1.82, 2.24) is 29.7 Å². The van der Waals surface area contributed by atoms with Crippen LogP contribution in [0.15, 0.2) is 24.7 Å².